The van der Waals surface area contributed by atoms with Crippen LogP contribution in [0.5, 0.6) is 0 Å². The molecule has 1 N–H and O–H groups in total. The predicted molar refractivity (Wildman–Crippen MR) is 87.6 cm³/mol. The maximum atomic E-state index is 12.1. The minimum absolute atomic E-state index is 0.142. The third-order valence-corrected chi connectivity index (χ3v) is 4.99. The molecule has 2 heterocycles. The van der Waals surface area contributed by atoms with Crippen molar-refractivity contribution in [3.63, 3.8) is 0 Å². The minimum Gasteiger partial charge on any atom is -0.353 e. The number of aryl methyl sites for hydroxylation is 2. The Hall–Kier alpha value is -1.49. The number of nitrogens with zero attached hydrogens (tertiary/aromatic N) is 2. The van der Waals surface area contributed by atoms with E-state index >= 15 is 0 Å². The first-order valence-corrected chi connectivity index (χ1v) is 8.67. The lowest BCUT2D eigenvalue weighted by atomic mass is 10.1. The number of thioether (sulfide) groups is 1. The zero-order valence-electron chi connectivity index (χ0n) is 12.3. The van der Waals surface area contributed by atoms with E-state index in [0.717, 1.165) is 35.3 Å². The summed E-state index contributed by atoms with van der Waals surface area (Å²) in [6.45, 7) is 2.71. The van der Waals surface area contributed by atoms with E-state index in [1.165, 1.54) is 5.56 Å². The molecule has 21 heavy (non-hydrogen) atoms. The molecule has 1 aromatic carbocycles. The van der Waals surface area contributed by atoms with Crippen molar-refractivity contribution in [2.75, 3.05) is 11.5 Å². The molecule has 0 unspecified atom stereocenters. The Kier molecular flexibility index (Phi) is 4.48. The number of carbonyl (C=O) groups is 1. The highest BCUT2D eigenvalue weighted by atomic mass is 32.2. The molecule has 1 amide bonds. The van der Waals surface area contributed by atoms with E-state index in [2.05, 4.69) is 35.5 Å². The zero-order chi connectivity index (χ0) is 14.7. The summed E-state index contributed by atoms with van der Waals surface area (Å²) >= 11 is 1.97. The number of hydrogen-bond donors (Lipinski definition) is 1. The largest absolute Gasteiger partial charge is 0.353 e. The average molecular weight is 303 g/mol. The van der Waals surface area contributed by atoms with Crippen LogP contribution in [0.15, 0.2) is 24.4 Å². The molecule has 1 aromatic heterocycles. The van der Waals surface area contributed by atoms with Crippen LogP contribution in [0, 0.1) is 6.92 Å². The normalized spacial score (nSPS) is 16.2. The molecule has 2 aromatic rings. The summed E-state index contributed by atoms with van der Waals surface area (Å²) in [6.07, 6.45) is 4.56. The van der Waals surface area contributed by atoms with E-state index in [9.17, 15) is 4.79 Å². The number of nitrogens with one attached hydrogen (secondary N) is 1. The van der Waals surface area contributed by atoms with Gasteiger partial charge in [0, 0.05) is 17.8 Å². The van der Waals surface area contributed by atoms with Crippen molar-refractivity contribution in [3.05, 3.63) is 30.0 Å². The molecule has 1 aliphatic rings. The standard InChI is InChI=1S/C16H21N3OS/c1-12-2-3-13-11-17-19(15(13)10-12)7-4-16(20)18-14-5-8-21-9-6-14/h2-3,10-11,14H,4-9H2,1H3,(H,18,20). The van der Waals surface area contributed by atoms with Gasteiger partial charge in [-0.15, -0.1) is 0 Å². The van der Waals surface area contributed by atoms with E-state index < -0.39 is 0 Å². The highest BCUT2D eigenvalue weighted by Crippen LogP contribution is 2.18. The first kappa shape index (κ1) is 14.4. The molecule has 3 rings (SSSR count). The molecule has 0 spiro atoms. The second kappa shape index (κ2) is 6.52. The van der Waals surface area contributed by atoms with Gasteiger partial charge in [-0.05, 0) is 42.9 Å². The fraction of sp³-hybridized carbons (Fsp3) is 0.500. The summed E-state index contributed by atoms with van der Waals surface area (Å²) < 4.78 is 1.93. The number of carbonyl (C=O) groups excluding carboxylic acids is 1. The highest BCUT2D eigenvalue weighted by Gasteiger charge is 2.16. The van der Waals surface area contributed by atoms with E-state index in [1.807, 2.05) is 22.6 Å². The van der Waals surface area contributed by atoms with Gasteiger partial charge in [0.15, 0.2) is 0 Å². The average Bonchev–Trinajstić information content (AvgIpc) is 2.88. The minimum atomic E-state index is 0.142. The Labute approximate surface area is 129 Å². The predicted octanol–water partition coefficient (Wildman–Crippen LogP) is 2.75. The third kappa shape index (κ3) is 3.59. The van der Waals surface area contributed by atoms with Crippen molar-refractivity contribution in [2.45, 2.75) is 38.8 Å². The van der Waals surface area contributed by atoms with Gasteiger partial charge in [-0.1, -0.05) is 12.1 Å². The van der Waals surface area contributed by atoms with Crippen molar-refractivity contribution >= 4 is 28.6 Å². The third-order valence-electron chi connectivity index (χ3n) is 3.94. The van der Waals surface area contributed by atoms with Crippen LogP contribution >= 0.6 is 11.8 Å². The smallest absolute Gasteiger partial charge is 0.222 e. The van der Waals surface area contributed by atoms with Crippen LogP contribution in [-0.4, -0.2) is 33.2 Å². The Morgan fingerprint density at radius 2 is 2.24 bits per heavy atom. The Morgan fingerprint density at radius 3 is 3.05 bits per heavy atom. The second-order valence-electron chi connectivity index (χ2n) is 5.63. The summed E-state index contributed by atoms with van der Waals surface area (Å²) in [5.74, 6) is 2.46. The molecule has 0 aliphatic carbocycles. The van der Waals surface area contributed by atoms with E-state index in [0.29, 0.717) is 19.0 Å². The van der Waals surface area contributed by atoms with Gasteiger partial charge >= 0.3 is 0 Å². The van der Waals surface area contributed by atoms with Gasteiger partial charge in [0.05, 0.1) is 18.3 Å². The molecule has 5 heteroatoms. The van der Waals surface area contributed by atoms with E-state index in [4.69, 9.17) is 0 Å². The number of benzene rings is 1. The van der Waals surface area contributed by atoms with Crippen molar-refractivity contribution in [1.82, 2.24) is 15.1 Å². The molecule has 112 valence electrons. The van der Waals surface area contributed by atoms with Crippen LogP contribution in [0.2, 0.25) is 0 Å². The van der Waals surface area contributed by atoms with E-state index in [-0.39, 0.29) is 5.91 Å². The molecule has 0 radical (unpaired) electrons. The van der Waals surface area contributed by atoms with Crippen molar-refractivity contribution in [2.24, 2.45) is 0 Å². The monoisotopic (exact) mass is 303 g/mol. The van der Waals surface area contributed by atoms with Gasteiger partial charge in [0.2, 0.25) is 5.91 Å². The van der Waals surface area contributed by atoms with Gasteiger partial charge < -0.3 is 5.32 Å². The highest BCUT2D eigenvalue weighted by molar-refractivity contribution is 7.99. The molecule has 0 bridgehead atoms. The van der Waals surface area contributed by atoms with Crippen LogP contribution in [0.1, 0.15) is 24.8 Å². The molecule has 4 nitrogen and oxygen atoms in total. The van der Waals surface area contributed by atoms with Crippen LogP contribution in [0.4, 0.5) is 0 Å². The number of aromatic nitrogens is 2. The quantitative estimate of drug-likeness (QED) is 0.945. The first-order valence-electron chi connectivity index (χ1n) is 7.51. The second-order valence-corrected chi connectivity index (χ2v) is 6.86. The lowest BCUT2D eigenvalue weighted by Crippen LogP contribution is -2.37. The fourth-order valence-electron chi connectivity index (χ4n) is 2.71. The maximum absolute atomic E-state index is 12.1. The summed E-state index contributed by atoms with van der Waals surface area (Å²) in [6, 6.07) is 6.66. The van der Waals surface area contributed by atoms with Gasteiger partial charge in [-0.25, -0.2) is 0 Å². The van der Waals surface area contributed by atoms with Crippen LogP contribution in [0.3, 0.4) is 0 Å². The van der Waals surface area contributed by atoms with Crippen LogP contribution in [0.25, 0.3) is 10.9 Å². The molecule has 0 atom stereocenters. The lowest BCUT2D eigenvalue weighted by molar-refractivity contribution is -0.122. The van der Waals surface area contributed by atoms with E-state index in [1.54, 1.807) is 0 Å². The Morgan fingerprint density at radius 1 is 1.43 bits per heavy atom. The number of rotatable bonds is 4. The number of amides is 1. The fourth-order valence-corrected chi connectivity index (χ4v) is 3.81. The summed E-state index contributed by atoms with van der Waals surface area (Å²) in [5, 5.41) is 8.67. The molecular formula is C16H21N3OS. The van der Waals surface area contributed by atoms with Crippen molar-refractivity contribution in [1.29, 1.82) is 0 Å². The molecule has 0 saturated carbocycles. The van der Waals surface area contributed by atoms with Crippen molar-refractivity contribution < 1.29 is 4.79 Å². The summed E-state index contributed by atoms with van der Waals surface area (Å²) in [7, 11) is 0. The lowest BCUT2D eigenvalue weighted by Gasteiger charge is -2.22. The van der Waals surface area contributed by atoms with Crippen LogP contribution < -0.4 is 5.32 Å². The molecule has 1 fully saturated rings. The molecule has 1 aliphatic heterocycles. The molecule has 1 saturated heterocycles. The van der Waals surface area contributed by atoms with Gasteiger partial charge in [0.1, 0.15) is 0 Å². The maximum Gasteiger partial charge on any atom is 0.222 e. The van der Waals surface area contributed by atoms with Crippen molar-refractivity contribution in [3.8, 4) is 0 Å². The van der Waals surface area contributed by atoms with Gasteiger partial charge in [-0.3, -0.25) is 9.48 Å². The summed E-state index contributed by atoms with van der Waals surface area (Å²) in [5.41, 5.74) is 2.32. The number of hydrogen-bond acceptors (Lipinski definition) is 3. The SMILES string of the molecule is Cc1ccc2cnn(CCC(=O)NC3CCSCC3)c2c1. The Bertz CT molecular complexity index is 631. The summed E-state index contributed by atoms with van der Waals surface area (Å²) in [4.78, 5) is 12.1. The molecular weight excluding hydrogens is 282 g/mol. The van der Waals surface area contributed by atoms with Crippen LogP contribution in [-0.2, 0) is 11.3 Å². The topological polar surface area (TPSA) is 46.9 Å². The first-order chi connectivity index (χ1) is 10.2. The number of fused-ring (bicyclic) bond motifs is 1. The van der Waals surface area contributed by atoms with Gasteiger partial charge in [0.25, 0.3) is 0 Å². The Balaban J connectivity index is 1.58. The van der Waals surface area contributed by atoms with Gasteiger partial charge in [-0.2, -0.15) is 16.9 Å². The zero-order valence-corrected chi connectivity index (χ0v) is 13.2.